The summed E-state index contributed by atoms with van der Waals surface area (Å²) in [6.07, 6.45) is 3.54. The van der Waals surface area contributed by atoms with Gasteiger partial charge in [-0.25, -0.2) is 4.98 Å². The Bertz CT molecular complexity index is 387. The lowest BCUT2D eigenvalue weighted by Crippen LogP contribution is -1.79. The van der Waals surface area contributed by atoms with Crippen LogP contribution >= 0.6 is 15.9 Å². The molecule has 2 aromatic rings. The van der Waals surface area contributed by atoms with Crippen LogP contribution in [0.4, 0.5) is 0 Å². The van der Waals surface area contributed by atoms with Crippen LogP contribution in [0.15, 0.2) is 35.2 Å². The van der Waals surface area contributed by atoms with E-state index in [2.05, 4.69) is 25.9 Å². The summed E-state index contributed by atoms with van der Waals surface area (Å²) in [5.74, 6) is 0. The first kappa shape index (κ1) is 6.73. The van der Waals surface area contributed by atoms with Crippen LogP contribution in [-0.4, -0.2) is 9.97 Å². The van der Waals surface area contributed by atoms with E-state index < -0.39 is 0 Å². The first-order valence-electron chi connectivity index (χ1n) is 3.22. The van der Waals surface area contributed by atoms with Crippen LogP contribution in [0, 0.1) is 0 Å². The van der Waals surface area contributed by atoms with E-state index in [4.69, 9.17) is 0 Å². The van der Waals surface area contributed by atoms with Gasteiger partial charge in [0.25, 0.3) is 0 Å². The number of fused-ring (bicyclic) bond motifs is 1. The number of halogens is 1. The second-order valence-corrected chi connectivity index (χ2v) is 3.01. The molecular formula is C8H5BrN2. The minimum atomic E-state index is 0.858. The van der Waals surface area contributed by atoms with E-state index >= 15 is 0 Å². The van der Waals surface area contributed by atoms with Crippen molar-refractivity contribution < 1.29 is 0 Å². The Labute approximate surface area is 72.4 Å². The topological polar surface area (TPSA) is 25.8 Å². The fourth-order valence-electron chi connectivity index (χ4n) is 0.940. The zero-order valence-corrected chi connectivity index (χ0v) is 7.25. The van der Waals surface area contributed by atoms with E-state index in [1.807, 2.05) is 18.2 Å². The molecule has 2 heterocycles. The molecule has 0 amide bonds. The minimum absolute atomic E-state index is 0.858. The molecule has 0 saturated carbocycles. The van der Waals surface area contributed by atoms with Crippen LogP contribution in [-0.2, 0) is 0 Å². The van der Waals surface area contributed by atoms with E-state index in [9.17, 15) is 0 Å². The maximum atomic E-state index is 4.25. The van der Waals surface area contributed by atoms with Gasteiger partial charge in [0.05, 0.1) is 5.52 Å². The lowest BCUT2D eigenvalue weighted by molar-refractivity contribution is 1.30. The fraction of sp³-hybridized carbons (Fsp3) is 0. The minimum Gasteiger partial charge on any atom is -0.264 e. The number of nitrogens with zero attached hydrogens (tertiary/aromatic N) is 2. The van der Waals surface area contributed by atoms with Crippen molar-refractivity contribution in [2.24, 2.45) is 0 Å². The third-order valence-electron chi connectivity index (χ3n) is 1.46. The molecular weight excluding hydrogens is 204 g/mol. The second-order valence-electron chi connectivity index (χ2n) is 2.20. The molecule has 0 spiro atoms. The predicted molar refractivity (Wildman–Crippen MR) is 47.2 cm³/mol. The molecule has 0 bridgehead atoms. The lowest BCUT2D eigenvalue weighted by Gasteiger charge is -1.94. The smallest absolute Gasteiger partial charge is 0.106 e. The number of pyridine rings is 2. The van der Waals surface area contributed by atoms with Gasteiger partial charge in [0, 0.05) is 17.8 Å². The summed E-state index contributed by atoms with van der Waals surface area (Å²) in [7, 11) is 0. The van der Waals surface area contributed by atoms with Gasteiger partial charge < -0.3 is 0 Å². The fourth-order valence-corrected chi connectivity index (χ4v) is 1.26. The van der Waals surface area contributed by atoms with Crippen molar-refractivity contribution in [3.05, 3.63) is 35.2 Å². The molecule has 0 saturated heterocycles. The second kappa shape index (κ2) is 2.58. The maximum absolute atomic E-state index is 4.25. The van der Waals surface area contributed by atoms with Crippen LogP contribution in [0.5, 0.6) is 0 Å². The van der Waals surface area contributed by atoms with Crippen LogP contribution in [0.1, 0.15) is 0 Å². The van der Waals surface area contributed by atoms with Gasteiger partial charge in [-0.2, -0.15) is 0 Å². The maximum Gasteiger partial charge on any atom is 0.106 e. The summed E-state index contributed by atoms with van der Waals surface area (Å²) in [4.78, 5) is 8.24. The summed E-state index contributed by atoms with van der Waals surface area (Å²) in [5, 5.41) is 1.07. The Morgan fingerprint density at radius 3 is 3.00 bits per heavy atom. The van der Waals surface area contributed by atoms with Gasteiger partial charge in [0.2, 0.25) is 0 Å². The molecule has 0 N–H and O–H groups in total. The van der Waals surface area contributed by atoms with Crippen LogP contribution in [0.2, 0.25) is 0 Å². The molecule has 3 heteroatoms. The molecule has 11 heavy (non-hydrogen) atoms. The van der Waals surface area contributed by atoms with Crippen molar-refractivity contribution in [2.75, 3.05) is 0 Å². The van der Waals surface area contributed by atoms with Gasteiger partial charge in [-0.3, -0.25) is 4.98 Å². The van der Waals surface area contributed by atoms with Crippen LogP contribution in [0.25, 0.3) is 10.9 Å². The average Bonchev–Trinajstić information content (AvgIpc) is 2.04. The Hall–Kier alpha value is -0.960. The Morgan fingerprint density at radius 1 is 1.18 bits per heavy atom. The van der Waals surface area contributed by atoms with E-state index in [1.54, 1.807) is 12.4 Å². The highest BCUT2D eigenvalue weighted by atomic mass is 79.9. The summed E-state index contributed by atoms with van der Waals surface area (Å²) < 4.78 is 0.858. The van der Waals surface area contributed by atoms with Crippen molar-refractivity contribution in [1.29, 1.82) is 0 Å². The van der Waals surface area contributed by atoms with E-state index in [0.29, 0.717) is 0 Å². The predicted octanol–water partition coefficient (Wildman–Crippen LogP) is 2.39. The molecule has 0 radical (unpaired) electrons. The number of hydrogen-bond donors (Lipinski definition) is 0. The summed E-state index contributed by atoms with van der Waals surface area (Å²) in [6, 6.07) is 5.78. The number of aromatic nitrogens is 2. The number of hydrogen-bond acceptors (Lipinski definition) is 2. The molecule has 0 unspecified atom stereocenters. The standard InChI is InChI=1S/C8H5BrN2/c9-8-2-1-6-5-10-4-3-7(6)11-8/h1-5H. The Morgan fingerprint density at radius 2 is 2.09 bits per heavy atom. The highest BCUT2D eigenvalue weighted by Crippen LogP contribution is 2.13. The quantitative estimate of drug-likeness (QED) is 0.622. The molecule has 0 atom stereocenters. The molecule has 2 nitrogen and oxygen atoms in total. The first-order chi connectivity index (χ1) is 5.36. The molecule has 0 aromatic carbocycles. The van der Waals surface area contributed by atoms with Crippen molar-refractivity contribution in [2.45, 2.75) is 0 Å². The zero-order valence-electron chi connectivity index (χ0n) is 5.66. The molecule has 0 aliphatic heterocycles. The van der Waals surface area contributed by atoms with Gasteiger partial charge in [-0.05, 0) is 34.1 Å². The van der Waals surface area contributed by atoms with Gasteiger partial charge in [0.15, 0.2) is 0 Å². The SMILES string of the molecule is Brc1ccc2cnccc2n1. The number of rotatable bonds is 0. The first-order valence-corrected chi connectivity index (χ1v) is 4.02. The summed E-state index contributed by atoms with van der Waals surface area (Å²) in [6.45, 7) is 0. The lowest BCUT2D eigenvalue weighted by atomic mass is 10.3. The Balaban J connectivity index is 2.83. The van der Waals surface area contributed by atoms with E-state index in [-0.39, 0.29) is 0 Å². The zero-order chi connectivity index (χ0) is 7.68. The third kappa shape index (κ3) is 1.24. The third-order valence-corrected chi connectivity index (χ3v) is 1.90. The monoisotopic (exact) mass is 208 g/mol. The Kier molecular flexibility index (Phi) is 1.58. The molecule has 0 aliphatic rings. The summed E-state index contributed by atoms with van der Waals surface area (Å²) in [5.41, 5.74) is 0.967. The van der Waals surface area contributed by atoms with E-state index in [0.717, 1.165) is 15.5 Å². The molecule has 54 valence electrons. The molecule has 0 fully saturated rings. The van der Waals surface area contributed by atoms with Gasteiger partial charge in [-0.15, -0.1) is 0 Å². The highest BCUT2D eigenvalue weighted by Gasteiger charge is 1.92. The van der Waals surface area contributed by atoms with Crippen molar-refractivity contribution >= 4 is 26.8 Å². The van der Waals surface area contributed by atoms with Crippen LogP contribution in [0.3, 0.4) is 0 Å². The van der Waals surface area contributed by atoms with E-state index in [1.165, 1.54) is 0 Å². The van der Waals surface area contributed by atoms with Gasteiger partial charge in [0.1, 0.15) is 4.60 Å². The van der Waals surface area contributed by atoms with Crippen molar-refractivity contribution in [3.63, 3.8) is 0 Å². The largest absolute Gasteiger partial charge is 0.264 e. The average molecular weight is 209 g/mol. The molecule has 2 aromatic heterocycles. The molecule has 2 rings (SSSR count). The van der Waals surface area contributed by atoms with Crippen molar-refractivity contribution in [3.8, 4) is 0 Å². The van der Waals surface area contributed by atoms with Crippen molar-refractivity contribution in [1.82, 2.24) is 9.97 Å². The summed E-state index contributed by atoms with van der Waals surface area (Å²) >= 11 is 3.30. The van der Waals surface area contributed by atoms with Gasteiger partial charge >= 0.3 is 0 Å². The normalized spacial score (nSPS) is 10.3. The molecule has 0 aliphatic carbocycles. The van der Waals surface area contributed by atoms with Crippen LogP contribution < -0.4 is 0 Å². The van der Waals surface area contributed by atoms with Gasteiger partial charge in [-0.1, -0.05) is 0 Å². The highest BCUT2D eigenvalue weighted by molar-refractivity contribution is 9.10.